The Morgan fingerprint density at radius 1 is 1.09 bits per heavy atom. The summed E-state index contributed by atoms with van der Waals surface area (Å²) in [7, 11) is 0. The Balaban J connectivity index is 1.89. The van der Waals surface area contributed by atoms with Gasteiger partial charge in [-0.3, -0.25) is 23.9 Å². The number of hydrogen-bond donors (Lipinski definition) is 2. The monoisotopic (exact) mass is 457 g/mol. The first-order valence-electron chi connectivity index (χ1n) is 11.9. The summed E-state index contributed by atoms with van der Waals surface area (Å²) in [5.41, 5.74) is -0.164. The average molecular weight is 458 g/mol. The fourth-order valence-electron chi connectivity index (χ4n) is 4.16. The molecule has 2 amide bonds. The van der Waals surface area contributed by atoms with Crippen LogP contribution in [0, 0.1) is 5.92 Å². The Kier molecular flexibility index (Phi) is 8.05. The van der Waals surface area contributed by atoms with E-state index in [0.29, 0.717) is 12.2 Å². The second kappa shape index (κ2) is 10.8. The minimum absolute atomic E-state index is 0.00699. The van der Waals surface area contributed by atoms with E-state index in [-0.39, 0.29) is 47.3 Å². The van der Waals surface area contributed by atoms with Crippen molar-refractivity contribution in [2.45, 2.75) is 72.3 Å². The molecule has 3 heterocycles. The molecule has 2 aromatic heterocycles. The third-order valence-corrected chi connectivity index (χ3v) is 5.94. The summed E-state index contributed by atoms with van der Waals surface area (Å²) < 4.78 is 1.42. The Bertz CT molecular complexity index is 1120. The number of hydrogen-bond acceptors (Lipinski definition) is 5. The highest BCUT2D eigenvalue weighted by molar-refractivity contribution is 6.05. The maximum absolute atomic E-state index is 13.1. The predicted octanol–water partition coefficient (Wildman–Crippen LogP) is 2.39. The van der Waals surface area contributed by atoms with Crippen LogP contribution >= 0.6 is 0 Å². The Morgan fingerprint density at radius 2 is 1.76 bits per heavy atom. The Morgan fingerprint density at radius 3 is 2.36 bits per heavy atom. The van der Waals surface area contributed by atoms with E-state index in [1.165, 1.54) is 4.57 Å². The minimum Gasteiger partial charge on any atom is -0.351 e. The highest BCUT2D eigenvalue weighted by Gasteiger charge is 2.21. The van der Waals surface area contributed by atoms with Crippen LogP contribution in [0.5, 0.6) is 0 Å². The molecule has 1 aliphatic heterocycles. The highest BCUT2D eigenvalue weighted by atomic mass is 16.2. The molecule has 9 heteroatoms. The molecular formula is C24H35N5O4. The lowest BCUT2D eigenvalue weighted by Crippen LogP contribution is -2.36. The van der Waals surface area contributed by atoms with Crippen molar-refractivity contribution < 1.29 is 9.59 Å². The second-order valence-electron chi connectivity index (χ2n) is 9.51. The summed E-state index contributed by atoms with van der Waals surface area (Å²) in [6, 6.07) is 1.61. The van der Waals surface area contributed by atoms with Gasteiger partial charge >= 0.3 is 5.69 Å². The third-order valence-electron chi connectivity index (χ3n) is 5.94. The number of aromatic nitrogens is 3. The van der Waals surface area contributed by atoms with Gasteiger partial charge in [-0.2, -0.15) is 0 Å². The summed E-state index contributed by atoms with van der Waals surface area (Å²) in [5, 5.41) is 2.88. The predicted molar refractivity (Wildman–Crippen MR) is 128 cm³/mol. The molecule has 33 heavy (non-hydrogen) atoms. The lowest BCUT2D eigenvalue weighted by molar-refractivity contribution is -0.131. The van der Waals surface area contributed by atoms with Gasteiger partial charge in [-0.1, -0.05) is 40.5 Å². The molecule has 2 aromatic rings. The molecule has 0 saturated carbocycles. The number of nitrogens with one attached hydrogen (secondary N) is 2. The van der Waals surface area contributed by atoms with E-state index < -0.39 is 17.2 Å². The van der Waals surface area contributed by atoms with E-state index in [4.69, 9.17) is 0 Å². The molecule has 1 aliphatic rings. The molecule has 0 radical (unpaired) electrons. The van der Waals surface area contributed by atoms with E-state index in [9.17, 15) is 19.2 Å². The first-order chi connectivity index (χ1) is 15.7. The number of nitrogens with zero attached hydrogens (tertiary/aromatic N) is 3. The van der Waals surface area contributed by atoms with Gasteiger partial charge in [0.25, 0.3) is 11.5 Å². The Hall–Kier alpha value is -2.97. The van der Waals surface area contributed by atoms with Crippen LogP contribution in [-0.2, 0) is 11.3 Å². The summed E-state index contributed by atoms with van der Waals surface area (Å²) in [4.78, 5) is 59.6. The van der Waals surface area contributed by atoms with Gasteiger partial charge in [0.2, 0.25) is 5.91 Å². The number of rotatable bonds is 7. The van der Waals surface area contributed by atoms with Crippen LogP contribution in [0.4, 0.5) is 0 Å². The molecule has 0 aliphatic carbocycles. The van der Waals surface area contributed by atoms with Crippen LogP contribution in [0.15, 0.2) is 15.7 Å². The van der Waals surface area contributed by atoms with Crippen LogP contribution in [0.1, 0.15) is 81.8 Å². The van der Waals surface area contributed by atoms with Crippen molar-refractivity contribution in [3.63, 3.8) is 0 Å². The second-order valence-corrected chi connectivity index (χ2v) is 9.51. The van der Waals surface area contributed by atoms with E-state index >= 15 is 0 Å². The van der Waals surface area contributed by atoms with E-state index in [0.717, 1.165) is 38.8 Å². The number of carbonyl (C=O) groups is 2. The SMILES string of the molecule is CC(C)Cn1c(=O)[nH]c(=O)c2c(C(=O)NCCC(=O)N3CCCCCC3)cc(C(C)C)nc21. The van der Waals surface area contributed by atoms with Crippen molar-refractivity contribution in [2.24, 2.45) is 5.92 Å². The van der Waals surface area contributed by atoms with Gasteiger partial charge in [-0.25, -0.2) is 9.78 Å². The van der Waals surface area contributed by atoms with Crippen molar-refractivity contribution in [2.75, 3.05) is 19.6 Å². The molecule has 3 rings (SSSR count). The van der Waals surface area contributed by atoms with Crippen molar-refractivity contribution in [1.29, 1.82) is 0 Å². The summed E-state index contributed by atoms with van der Waals surface area (Å²) >= 11 is 0. The standard InChI is InChI=1S/C24H35N5O4/c1-15(2)14-29-21-20(23(32)27-24(29)33)17(13-18(26-21)16(3)4)22(31)25-10-9-19(30)28-11-7-5-6-8-12-28/h13,15-16H,5-12,14H2,1-4H3,(H,25,31)(H,27,32,33). The summed E-state index contributed by atoms with van der Waals surface area (Å²) in [6.45, 7) is 9.88. The largest absolute Gasteiger partial charge is 0.351 e. The number of pyridine rings is 1. The normalized spacial score (nSPS) is 14.7. The van der Waals surface area contributed by atoms with Gasteiger partial charge in [-0.15, -0.1) is 0 Å². The van der Waals surface area contributed by atoms with Crippen LogP contribution in [0.2, 0.25) is 0 Å². The molecule has 0 unspecified atom stereocenters. The fraction of sp³-hybridized carbons (Fsp3) is 0.625. The molecule has 1 saturated heterocycles. The van der Waals surface area contributed by atoms with Gasteiger partial charge in [-0.05, 0) is 30.7 Å². The van der Waals surface area contributed by atoms with Crippen molar-refractivity contribution >= 4 is 22.8 Å². The topological polar surface area (TPSA) is 117 Å². The quantitative estimate of drug-likeness (QED) is 0.662. The van der Waals surface area contributed by atoms with Gasteiger partial charge in [0.15, 0.2) is 5.65 Å². The molecular weight excluding hydrogens is 422 g/mol. The zero-order valence-electron chi connectivity index (χ0n) is 20.1. The van der Waals surface area contributed by atoms with E-state index in [1.807, 2.05) is 32.6 Å². The van der Waals surface area contributed by atoms with Crippen LogP contribution in [-0.4, -0.2) is 50.9 Å². The van der Waals surface area contributed by atoms with Crippen molar-refractivity contribution in [1.82, 2.24) is 24.8 Å². The first kappa shape index (κ1) is 24.7. The fourth-order valence-corrected chi connectivity index (χ4v) is 4.16. The number of H-pyrrole nitrogens is 1. The average Bonchev–Trinajstić information content (AvgIpc) is 3.05. The molecule has 9 nitrogen and oxygen atoms in total. The number of likely N-dealkylation sites (tertiary alicyclic amines) is 1. The van der Waals surface area contributed by atoms with Gasteiger partial charge in [0, 0.05) is 38.3 Å². The van der Waals surface area contributed by atoms with Crippen LogP contribution in [0.25, 0.3) is 11.0 Å². The van der Waals surface area contributed by atoms with Gasteiger partial charge in [0.1, 0.15) is 0 Å². The van der Waals surface area contributed by atoms with Gasteiger partial charge < -0.3 is 10.2 Å². The zero-order valence-corrected chi connectivity index (χ0v) is 20.1. The third kappa shape index (κ3) is 5.89. The molecule has 0 atom stereocenters. The molecule has 0 aromatic carbocycles. The lowest BCUT2D eigenvalue weighted by Gasteiger charge is -2.20. The van der Waals surface area contributed by atoms with E-state index in [2.05, 4.69) is 15.3 Å². The summed E-state index contributed by atoms with van der Waals surface area (Å²) in [5.74, 6) is -0.285. The van der Waals surface area contributed by atoms with Crippen LogP contribution in [0.3, 0.4) is 0 Å². The van der Waals surface area contributed by atoms with Gasteiger partial charge in [0.05, 0.1) is 10.9 Å². The number of amides is 2. The molecule has 2 N–H and O–H groups in total. The minimum atomic E-state index is -0.636. The van der Waals surface area contributed by atoms with Crippen LogP contribution < -0.4 is 16.6 Å². The number of carbonyl (C=O) groups excluding carboxylic acids is 2. The first-order valence-corrected chi connectivity index (χ1v) is 11.9. The Labute approximate surface area is 193 Å². The van der Waals surface area contributed by atoms with Crippen molar-refractivity contribution in [3.8, 4) is 0 Å². The van der Waals surface area contributed by atoms with E-state index in [1.54, 1.807) is 6.07 Å². The lowest BCUT2D eigenvalue weighted by atomic mass is 10.0. The van der Waals surface area contributed by atoms with Crippen molar-refractivity contribution in [3.05, 3.63) is 38.2 Å². The summed E-state index contributed by atoms with van der Waals surface area (Å²) in [6.07, 6.45) is 4.52. The smallest absolute Gasteiger partial charge is 0.330 e. The molecule has 0 spiro atoms. The number of aromatic amines is 1. The molecule has 180 valence electrons. The highest BCUT2D eigenvalue weighted by Crippen LogP contribution is 2.20. The maximum Gasteiger partial charge on any atom is 0.330 e. The zero-order chi connectivity index (χ0) is 24.1. The molecule has 0 bridgehead atoms. The maximum atomic E-state index is 13.1. The molecule has 1 fully saturated rings. The number of fused-ring (bicyclic) bond motifs is 1.